The van der Waals surface area contributed by atoms with E-state index in [9.17, 15) is 4.79 Å². The molecule has 1 aromatic heterocycles. The maximum atomic E-state index is 12.9. The highest BCUT2D eigenvalue weighted by atomic mass is 16.5. The van der Waals surface area contributed by atoms with Crippen LogP contribution in [0.25, 0.3) is 0 Å². The number of nitrogens with zero attached hydrogens (tertiary/aromatic N) is 3. The van der Waals surface area contributed by atoms with Crippen LogP contribution in [0.15, 0.2) is 22.7 Å². The highest BCUT2D eigenvalue weighted by Gasteiger charge is 2.27. The lowest BCUT2D eigenvalue weighted by Gasteiger charge is -2.35. The van der Waals surface area contributed by atoms with Crippen LogP contribution in [0.5, 0.6) is 11.5 Å². The molecule has 1 aliphatic heterocycles. The number of methoxy groups -OCH3 is 2. The predicted molar refractivity (Wildman–Crippen MR) is 101 cm³/mol. The van der Waals surface area contributed by atoms with Crippen molar-refractivity contribution < 1.29 is 18.8 Å². The van der Waals surface area contributed by atoms with Gasteiger partial charge in [-0.2, -0.15) is 0 Å². The van der Waals surface area contributed by atoms with Crippen LogP contribution >= 0.6 is 0 Å². The first-order valence-corrected chi connectivity index (χ1v) is 9.25. The summed E-state index contributed by atoms with van der Waals surface area (Å²) >= 11 is 0. The summed E-state index contributed by atoms with van der Waals surface area (Å²) in [6.45, 7) is 7.51. The van der Waals surface area contributed by atoms with Gasteiger partial charge in [0.2, 0.25) is 0 Å². The molecule has 2 aromatic rings. The van der Waals surface area contributed by atoms with Crippen LogP contribution in [-0.2, 0) is 13.0 Å². The summed E-state index contributed by atoms with van der Waals surface area (Å²) in [4.78, 5) is 17.1. The first kappa shape index (κ1) is 19.2. The second-order valence-electron chi connectivity index (χ2n) is 6.67. The van der Waals surface area contributed by atoms with Crippen LogP contribution in [0.3, 0.4) is 0 Å². The molecule has 1 aliphatic rings. The van der Waals surface area contributed by atoms with Gasteiger partial charge in [0, 0.05) is 44.7 Å². The van der Waals surface area contributed by atoms with Gasteiger partial charge in [0.1, 0.15) is 22.8 Å². The smallest absolute Gasteiger partial charge is 0.259 e. The maximum Gasteiger partial charge on any atom is 0.259 e. The summed E-state index contributed by atoms with van der Waals surface area (Å²) in [5.41, 5.74) is 2.38. The molecule has 0 atom stereocenters. The van der Waals surface area contributed by atoms with Gasteiger partial charge in [-0.1, -0.05) is 12.1 Å². The molecule has 7 heteroatoms. The van der Waals surface area contributed by atoms with Crippen molar-refractivity contribution in [1.82, 2.24) is 15.0 Å². The summed E-state index contributed by atoms with van der Waals surface area (Å²) < 4.78 is 16.1. The highest BCUT2D eigenvalue weighted by Crippen LogP contribution is 2.26. The van der Waals surface area contributed by atoms with Crippen molar-refractivity contribution >= 4 is 5.91 Å². The second-order valence-corrected chi connectivity index (χ2v) is 6.67. The van der Waals surface area contributed by atoms with Crippen LogP contribution in [0.4, 0.5) is 0 Å². The minimum atomic E-state index is 0.0178. The molecule has 0 radical (unpaired) electrons. The number of carbonyl (C=O) groups is 1. The van der Waals surface area contributed by atoms with Crippen LogP contribution in [0, 0.1) is 6.92 Å². The van der Waals surface area contributed by atoms with E-state index in [1.807, 2.05) is 36.9 Å². The molecule has 7 nitrogen and oxygen atoms in total. The fourth-order valence-electron chi connectivity index (χ4n) is 3.45. The van der Waals surface area contributed by atoms with Crippen molar-refractivity contribution in [2.45, 2.75) is 26.8 Å². The molecule has 0 spiro atoms. The minimum absolute atomic E-state index is 0.0178. The number of ether oxygens (including phenoxy) is 2. The molecule has 1 aromatic carbocycles. The van der Waals surface area contributed by atoms with E-state index in [1.54, 1.807) is 14.2 Å². The Morgan fingerprint density at radius 2 is 1.93 bits per heavy atom. The van der Waals surface area contributed by atoms with Crippen LogP contribution in [0.1, 0.15) is 34.3 Å². The van der Waals surface area contributed by atoms with E-state index >= 15 is 0 Å². The fraction of sp³-hybridized carbons (Fsp3) is 0.500. The molecule has 0 aliphatic carbocycles. The van der Waals surface area contributed by atoms with Crippen molar-refractivity contribution in [2.24, 2.45) is 0 Å². The van der Waals surface area contributed by atoms with Crippen LogP contribution in [-0.4, -0.2) is 61.3 Å². The monoisotopic (exact) mass is 373 g/mol. The van der Waals surface area contributed by atoms with Gasteiger partial charge < -0.3 is 18.9 Å². The summed E-state index contributed by atoms with van der Waals surface area (Å²) in [7, 11) is 3.34. The van der Waals surface area contributed by atoms with Crippen molar-refractivity contribution in [3.63, 3.8) is 0 Å². The fourth-order valence-corrected chi connectivity index (χ4v) is 3.45. The van der Waals surface area contributed by atoms with E-state index in [2.05, 4.69) is 10.1 Å². The van der Waals surface area contributed by atoms with Gasteiger partial charge >= 0.3 is 0 Å². The number of rotatable bonds is 6. The average molecular weight is 373 g/mol. The molecule has 0 N–H and O–H groups in total. The molecule has 1 saturated heterocycles. The number of piperazine rings is 1. The van der Waals surface area contributed by atoms with Gasteiger partial charge in [-0.25, -0.2) is 0 Å². The van der Waals surface area contributed by atoms with Crippen molar-refractivity contribution in [2.75, 3.05) is 40.4 Å². The third kappa shape index (κ3) is 4.08. The van der Waals surface area contributed by atoms with E-state index in [4.69, 9.17) is 14.0 Å². The maximum absolute atomic E-state index is 12.9. The molecule has 1 fully saturated rings. The first-order valence-electron chi connectivity index (χ1n) is 9.25. The van der Waals surface area contributed by atoms with E-state index in [1.165, 1.54) is 0 Å². The van der Waals surface area contributed by atoms with E-state index < -0.39 is 0 Å². The Balaban J connectivity index is 1.64. The van der Waals surface area contributed by atoms with Gasteiger partial charge in [-0.05, 0) is 25.1 Å². The van der Waals surface area contributed by atoms with E-state index in [-0.39, 0.29) is 5.91 Å². The first-order chi connectivity index (χ1) is 13.1. The Kier molecular flexibility index (Phi) is 6.01. The number of hydrogen-bond donors (Lipinski definition) is 0. The molecule has 2 heterocycles. The standard InChI is InChI=1S/C20H27N3O4/c1-5-17-19(14(2)21-27-17)20(24)23-10-8-22(9-11-23)13-15-12-16(25-3)6-7-18(15)26-4/h6-7,12H,5,8-11,13H2,1-4H3. The summed E-state index contributed by atoms with van der Waals surface area (Å²) in [6.07, 6.45) is 0.664. The molecule has 0 saturated carbocycles. The Morgan fingerprint density at radius 1 is 1.19 bits per heavy atom. The molecule has 1 amide bonds. The summed E-state index contributed by atoms with van der Waals surface area (Å²) in [5.74, 6) is 2.35. The molecule has 0 bridgehead atoms. The average Bonchev–Trinajstić information content (AvgIpc) is 3.08. The Morgan fingerprint density at radius 3 is 2.56 bits per heavy atom. The molecule has 146 valence electrons. The molecular formula is C20H27N3O4. The lowest BCUT2D eigenvalue weighted by atomic mass is 10.1. The minimum Gasteiger partial charge on any atom is -0.497 e. The second kappa shape index (κ2) is 8.43. The van der Waals surface area contributed by atoms with Crippen molar-refractivity contribution in [3.8, 4) is 11.5 Å². The zero-order valence-electron chi connectivity index (χ0n) is 16.4. The summed E-state index contributed by atoms with van der Waals surface area (Å²) in [6, 6.07) is 5.82. The Labute approximate surface area is 159 Å². The lowest BCUT2D eigenvalue weighted by molar-refractivity contribution is 0.0624. The summed E-state index contributed by atoms with van der Waals surface area (Å²) in [5, 5.41) is 3.95. The Hall–Kier alpha value is -2.54. The van der Waals surface area contributed by atoms with Gasteiger partial charge in [0.25, 0.3) is 5.91 Å². The quantitative estimate of drug-likeness (QED) is 0.775. The third-order valence-corrected chi connectivity index (χ3v) is 5.01. The van der Waals surface area contributed by atoms with Gasteiger partial charge in [0.05, 0.1) is 19.9 Å². The zero-order valence-corrected chi connectivity index (χ0v) is 16.4. The van der Waals surface area contributed by atoms with E-state index in [0.717, 1.165) is 36.7 Å². The number of benzene rings is 1. The number of amides is 1. The lowest BCUT2D eigenvalue weighted by Crippen LogP contribution is -2.48. The zero-order chi connectivity index (χ0) is 19.4. The number of carbonyl (C=O) groups excluding carboxylic acids is 1. The number of aromatic nitrogens is 1. The largest absolute Gasteiger partial charge is 0.497 e. The van der Waals surface area contributed by atoms with Crippen LogP contribution < -0.4 is 9.47 Å². The van der Waals surface area contributed by atoms with Gasteiger partial charge in [-0.15, -0.1) is 0 Å². The topological polar surface area (TPSA) is 68.0 Å². The van der Waals surface area contributed by atoms with Crippen molar-refractivity contribution in [1.29, 1.82) is 0 Å². The highest BCUT2D eigenvalue weighted by molar-refractivity contribution is 5.96. The third-order valence-electron chi connectivity index (χ3n) is 5.01. The SMILES string of the molecule is CCc1onc(C)c1C(=O)N1CCN(Cc2cc(OC)ccc2OC)CC1. The Bertz CT molecular complexity index is 795. The number of aryl methyl sites for hydroxylation is 2. The van der Waals surface area contributed by atoms with Gasteiger partial charge in [-0.3, -0.25) is 9.69 Å². The van der Waals surface area contributed by atoms with Crippen molar-refractivity contribution in [3.05, 3.63) is 40.8 Å². The molecule has 27 heavy (non-hydrogen) atoms. The normalized spacial score (nSPS) is 15.0. The van der Waals surface area contributed by atoms with Crippen LogP contribution in [0.2, 0.25) is 0 Å². The van der Waals surface area contributed by atoms with Gasteiger partial charge in [0.15, 0.2) is 0 Å². The predicted octanol–water partition coefficient (Wildman–Crippen LogP) is 2.52. The molecular weight excluding hydrogens is 346 g/mol. The molecule has 3 rings (SSSR count). The molecule has 0 unspecified atom stereocenters. The van der Waals surface area contributed by atoms with E-state index in [0.29, 0.717) is 36.5 Å². The number of hydrogen-bond acceptors (Lipinski definition) is 6.